The van der Waals surface area contributed by atoms with E-state index in [1.807, 2.05) is 0 Å². The van der Waals surface area contributed by atoms with Gasteiger partial charge >= 0.3 is 5.97 Å². The van der Waals surface area contributed by atoms with E-state index < -0.39 is 12.0 Å². The van der Waals surface area contributed by atoms with E-state index in [1.54, 1.807) is 18.5 Å². The average Bonchev–Trinajstić information content (AvgIpc) is 2.67. The number of carbonyl (C=O) groups is 2. The molecule has 5 heteroatoms. The molecule has 1 unspecified atom stereocenters. The van der Waals surface area contributed by atoms with Gasteiger partial charge in [-0.05, 0) is 6.07 Å². The minimum Gasteiger partial charge on any atom is -0.495 e. The van der Waals surface area contributed by atoms with Gasteiger partial charge in [-0.15, -0.1) is 0 Å². The van der Waals surface area contributed by atoms with Gasteiger partial charge in [0.05, 0.1) is 14.2 Å². The summed E-state index contributed by atoms with van der Waals surface area (Å²) in [6.07, 6.45) is 3.65. The smallest absolute Gasteiger partial charge is 0.336 e. The molecule has 1 atom stereocenters. The molecular weight excluding hydrogens is 186 g/mol. The lowest BCUT2D eigenvalue weighted by Gasteiger charge is -2.08. The van der Waals surface area contributed by atoms with Crippen molar-refractivity contribution in [1.29, 1.82) is 0 Å². The third-order valence-corrected chi connectivity index (χ3v) is 1.82. The predicted octanol–water partition coefficient (Wildman–Crippen LogP) is 0.410. The standard InChI is InChI=1S/C9H11NO4/c1-13-7-3-4-10(5-7)8(6-11)9(12)14-2/h3-6,8H,1-2H3. The molecule has 0 spiro atoms. The van der Waals surface area contributed by atoms with Crippen molar-refractivity contribution < 1.29 is 19.1 Å². The lowest BCUT2D eigenvalue weighted by Crippen LogP contribution is -2.20. The van der Waals surface area contributed by atoms with Crippen molar-refractivity contribution >= 4 is 12.3 Å². The number of carbonyl (C=O) groups excluding carboxylic acids is 2. The van der Waals surface area contributed by atoms with Crippen molar-refractivity contribution in [2.45, 2.75) is 6.04 Å². The van der Waals surface area contributed by atoms with Crippen LogP contribution in [0.2, 0.25) is 0 Å². The quantitative estimate of drug-likeness (QED) is 0.398. The van der Waals surface area contributed by atoms with Crippen LogP contribution in [0.25, 0.3) is 0 Å². The topological polar surface area (TPSA) is 57.5 Å². The van der Waals surface area contributed by atoms with Crippen molar-refractivity contribution in [3.63, 3.8) is 0 Å². The fourth-order valence-electron chi connectivity index (χ4n) is 1.05. The summed E-state index contributed by atoms with van der Waals surface area (Å²) in [6, 6.07) is 0.711. The molecule has 1 aromatic rings. The van der Waals surface area contributed by atoms with Gasteiger partial charge in [0.2, 0.25) is 0 Å². The van der Waals surface area contributed by atoms with Crippen molar-refractivity contribution in [3.05, 3.63) is 18.5 Å². The van der Waals surface area contributed by atoms with E-state index in [2.05, 4.69) is 4.74 Å². The number of methoxy groups -OCH3 is 2. The monoisotopic (exact) mass is 197 g/mol. The van der Waals surface area contributed by atoms with Crippen LogP contribution in [0.3, 0.4) is 0 Å². The van der Waals surface area contributed by atoms with E-state index in [1.165, 1.54) is 18.8 Å². The fourth-order valence-corrected chi connectivity index (χ4v) is 1.05. The van der Waals surface area contributed by atoms with Crippen LogP contribution >= 0.6 is 0 Å². The van der Waals surface area contributed by atoms with Crippen molar-refractivity contribution in [2.24, 2.45) is 0 Å². The first-order chi connectivity index (χ1) is 6.72. The number of hydrogen-bond donors (Lipinski definition) is 0. The van der Waals surface area contributed by atoms with Crippen molar-refractivity contribution in [2.75, 3.05) is 14.2 Å². The maximum Gasteiger partial charge on any atom is 0.336 e. The Hall–Kier alpha value is -1.78. The van der Waals surface area contributed by atoms with Gasteiger partial charge in [-0.1, -0.05) is 0 Å². The minimum absolute atomic E-state index is 0.519. The second-order valence-electron chi connectivity index (χ2n) is 2.60. The molecular formula is C9H11NO4. The third kappa shape index (κ3) is 1.93. The van der Waals surface area contributed by atoms with Crippen LogP contribution in [0.15, 0.2) is 18.5 Å². The molecule has 1 rings (SSSR count). The molecule has 76 valence electrons. The summed E-state index contributed by atoms with van der Waals surface area (Å²) in [5.41, 5.74) is 0. The molecule has 5 nitrogen and oxygen atoms in total. The van der Waals surface area contributed by atoms with Gasteiger partial charge in [0, 0.05) is 12.4 Å². The summed E-state index contributed by atoms with van der Waals surface area (Å²) in [6.45, 7) is 0. The number of aldehydes is 1. The summed E-state index contributed by atoms with van der Waals surface area (Å²) >= 11 is 0. The van der Waals surface area contributed by atoms with Crippen LogP contribution in [0.1, 0.15) is 6.04 Å². The molecule has 0 saturated heterocycles. The number of hydrogen-bond acceptors (Lipinski definition) is 4. The van der Waals surface area contributed by atoms with Gasteiger partial charge in [-0.25, -0.2) is 4.79 Å². The fraction of sp³-hybridized carbons (Fsp3) is 0.333. The SMILES string of the molecule is COC(=O)C(C=O)n1ccc(OC)c1. The summed E-state index contributed by atoms with van der Waals surface area (Å²) < 4.78 is 10.8. The minimum atomic E-state index is -0.941. The highest BCUT2D eigenvalue weighted by Crippen LogP contribution is 2.14. The zero-order valence-electron chi connectivity index (χ0n) is 7.97. The molecule has 0 saturated carbocycles. The Morgan fingerprint density at radius 3 is 2.71 bits per heavy atom. The Labute approximate surface area is 81.2 Å². The summed E-state index contributed by atoms with van der Waals surface area (Å²) in [7, 11) is 2.74. The molecule has 0 aromatic carbocycles. The van der Waals surface area contributed by atoms with Crippen LogP contribution in [0.4, 0.5) is 0 Å². The zero-order chi connectivity index (χ0) is 10.6. The molecule has 1 aromatic heterocycles. The summed E-state index contributed by atoms with van der Waals surface area (Å²) in [4.78, 5) is 21.8. The van der Waals surface area contributed by atoms with Crippen LogP contribution in [-0.2, 0) is 14.3 Å². The van der Waals surface area contributed by atoms with Crippen LogP contribution in [-0.4, -0.2) is 31.0 Å². The average molecular weight is 197 g/mol. The molecule has 0 amide bonds. The van der Waals surface area contributed by atoms with Crippen LogP contribution < -0.4 is 4.74 Å². The molecule has 0 aliphatic carbocycles. The van der Waals surface area contributed by atoms with E-state index in [4.69, 9.17) is 4.74 Å². The Kier molecular flexibility index (Phi) is 3.28. The van der Waals surface area contributed by atoms with Gasteiger partial charge in [0.25, 0.3) is 0 Å². The van der Waals surface area contributed by atoms with E-state index in [0.717, 1.165) is 0 Å². The Bertz CT molecular complexity index is 331. The molecule has 0 N–H and O–H groups in total. The predicted molar refractivity (Wildman–Crippen MR) is 48.1 cm³/mol. The number of aromatic nitrogens is 1. The van der Waals surface area contributed by atoms with E-state index in [0.29, 0.717) is 12.0 Å². The van der Waals surface area contributed by atoms with Gasteiger partial charge in [-0.2, -0.15) is 0 Å². The molecule has 0 aliphatic rings. The van der Waals surface area contributed by atoms with Gasteiger partial charge in [0.1, 0.15) is 5.75 Å². The number of nitrogens with zero attached hydrogens (tertiary/aromatic N) is 1. The normalized spacial score (nSPS) is 11.9. The Balaban J connectivity index is 2.89. The first-order valence-electron chi connectivity index (χ1n) is 3.97. The molecule has 0 aliphatic heterocycles. The first-order valence-corrected chi connectivity index (χ1v) is 3.97. The molecule has 0 fully saturated rings. The largest absolute Gasteiger partial charge is 0.495 e. The summed E-state index contributed by atoms with van der Waals surface area (Å²) in [5, 5.41) is 0. The van der Waals surface area contributed by atoms with Gasteiger partial charge < -0.3 is 18.8 Å². The van der Waals surface area contributed by atoms with Crippen LogP contribution in [0, 0.1) is 0 Å². The summed E-state index contributed by atoms with van der Waals surface area (Å²) in [5.74, 6) is -0.0148. The maximum atomic E-state index is 11.1. The number of esters is 1. The zero-order valence-corrected chi connectivity index (χ0v) is 7.97. The van der Waals surface area contributed by atoms with Crippen molar-refractivity contribution in [3.8, 4) is 5.75 Å². The van der Waals surface area contributed by atoms with E-state index in [-0.39, 0.29) is 0 Å². The lowest BCUT2D eigenvalue weighted by atomic mass is 10.3. The Morgan fingerprint density at radius 1 is 1.57 bits per heavy atom. The second kappa shape index (κ2) is 4.45. The number of ether oxygens (including phenoxy) is 2. The van der Waals surface area contributed by atoms with E-state index in [9.17, 15) is 9.59 Å². The second-order valence-corrected chi connectivity index (χ2v) is 2.60. The Morgan fingerprint density at radius 2 is 2.29 bits per heavy atom. The van der Waals surface area contributed by atoms with Crippen molar-refractivity contribution in [1.82, 2.24) is 4.57 Å². The maximum absolute atomic E-state index is 11.1. The lowest BCUT2D eigenvalue weighted by molar-refractivity contribution is -0.145. The highest BCUT2D eigenvalue weighted by Gasteiger charge is 2.19. The third-order valence-electron chi connectivity index (χ3n) is 1.82. The molecule has 0 bridgehead atoms. The molecule has 14 heavy (non-hydrogen) atoms. The first kappa shape index (κ1) is 10.3. The molecule has 0 radical (unpaired) electrons. The van der Waals surface area contributed by atoms with Gasteiger partial charge in [-0.3, -0.25) is 0 Å². The number of rotatable bonds is 4. The molecule has 1 heterocycles. The van der Waals surface area contributed by atoms with Gasteiger partial charge in [0.15, 0.2) is 12.3 Å². The van der Waals surface area contributed by atoms with Crippen LogP contribution in [0.5, 0.6) is 5.75 Å². The highest BCUT2D eigenvalue weighted by atomic mass is 16.5. The highest BCUT2D eigenvalue weighted by molar-refractivity contribution is 5.90. The van der Waals surface area contributed by atoms with E-state index >= 15 is 0 Å².